The van der Waals surface area contributed by atoms with Gasteiger partial charge in [-0.3, -0.25) is 4.90 Å². The number of halogens is 1. The molecule has 1 aromatic rings. The first-order valence-corrected chi connectivity index (χ1v) is 6.48. The molecule has 2 nitrogen and oxygen atoms in total. The molecule has 0 aromatic heterocycles. The van der Waals surface area contributed by atoms with E-state index >= 15 is 0 Å². The SMILES string of the molecule is CCCC1CN(Cc2ccccc2F)CCN1. The number of hydrogen-bond donors (Lipinski definition) is 1. The van der Waals surface area contributed by atoms with Gasteiger partial charge in [-0.1, -0.05) is 31.5 Å². The molecule has 2 rings (SSSR count). The molecule has 1 unspecified atom stereocenters. The van der Waals surface area contributed by atoms with Gasteiger partial charge in [0.05, 0.1) is 0 Å². The molecule has 0 radical (unpaired) electrons. The Bertz CT molecular complexity index is 352. The summed E-state index contributed by atoms with van der Waals surface area (Å²) in [6.45, 7) is 5.99. The Morgan fingerprint density at radius 1 is 1.41 bits per heavy atom. The lowest BCUT2D eigenvalue weighted by Gasteiger charge is -2.33. The van der Waals surface area contributed by atoms with Crippen molar-refractivity contribution in [3.05, 3.63) is 35.6 Å². The van der Waals surface area contributed by atoms with Crippen LogP contribution >= 0.6 is 0 Å². The van der Waals surface area contributed by atoms with Gasteiger partial charge in [0.2, 0.25) is 0 Å². The van der Waals surface area contributed by atoms with Crippen molar-refractivity contribution in [3.8, 4) is 0 Å². The molecule has 1 N–H and O–H groups in total. The van der Waals surface area contributed by atoms with Crippen molar-refractivity contribution in [2.75, 3.05) is 19.6 Å². The van der Waals surface area contributed by atoms with Crippen LogP contribution in [0.1, 0.15) is 25.3 Å². The standard InChI is InChI=1S/C14H21FN2/c1-2-5-13-11-17(9-8-16-13)10-12-6-3-4-7-14(12)15/h3-4,6-7,13,16H,2,5,8-11H2,1H3. The molecule has 94 valence electrons. The molecule has 1 saturated heterocycles. The third kappa shape index (κ3) is 3.51. The minimum Gasteiger partial charge on any atom is -0.311 e. The molecule has 1 aromatic carbocycles. The zero-order chi connectivity index (χ0) is 12.1. The van der Waals surface area contributed by atoms with E-state index in [1.165, 1.54) is 12.8 Å². The molecule has 0 aliphatic carbocycles. The van der Waals surface area contributed by atoms with Crippen molar-refractivity contribution in [1.29, 1.82) is 0 Å². The molecular formula is C14H21FN2. The van der Waals surface area contributed by atoms with Crippen LogP contribution < -0.4 is 5.32 Å². The summed E-state index contributed by atoms with van der Waals surface area (Å²) in [4.78, 5) is 2.34. The lowest BCUT2D eigenvalue weighted by atomic mass is 10.1. The zero-order valence-corrected chi connectivity index (χ0v) is 10.5. The van der Waals surface area contributed by atoms with Crippen LogP contribution in [-0.2, 0) is 6.54 Å². The van der Waals surface area contributed by atoms with Gasteiger partial charge in [-0.2, -0.15) is 0 Å². The fraction of sp³-hybridized carbons (Fsp3) is 0.571. The third-order valence-corrected chi connectivity index (χ3v) is 3.33. The van der Waals surface area contributed by atoms with Crippen LogP contribution in [0, 0.1) is 5.82 Å². The second kappa shape index (κ2) is 6.12. The van der Waals surface area contributed by atoms with Gasteiger partial charge in [0, 0.05) is 37.8 Å². The Morgan fingerprint density at radius 3 is 3.00 bits per heavy atom. The van der Waals surface area contributed by atoms with Crippen LogP contribution in [-0.4, -0.2) is 30.6 Å². The number of piperazine rings is 1. The second-order valence-electron chi connectivity index (χ2n) is 4.77. The predicted octanol–water partition coefficient (Wildman–Crippen LogP) is 2.40. The summed E-state index contributed by atoms with van der Waals surface area (Å²) < 4.78 is 13.5. The van der Waals surface area contributed by atoms with Crippen molar-refractivity contribution < 1.29 is 4.39 Å². The zero-order valence-electron chi connectivity index (χ0n) is 10.5. The van der Waals surface area contributed by atoms with Crippen molar-refractivity contribution in [1.82, 2.24) is 10.2 Å². The Labute approximate surface area is 103 Å². The van der Waals surface area contributed by atoms with Crippen LogP contribution in [0.15, 0.2) is 24.3 Å². The number of benzene rings is 1. The molecule has 1 aliphatic heterocycles. The van der Waals surface area contributed by atoms with Gasteiger partial charge in [0.25, 0.3) is 0 Å². The average molecular weight is 236 g/mol. The lowest BCUT2D eigenvalue weighted by Crippen LogP contribution is -2.50. The molecular weight excluding hydrogens is 215 g/mol. The van der Waals surface area contributed by atoms with Gasteiger partial charge >= 0.3 is 0 Å². The van der Waals surface area contributed by atoms with Crippen molar-refractivity contribution in [3.63, 3.8) is 0 Å². The van der Waals surface area contributed by atoms with E-state index in [1.807, 2.05) is 12.1 Å². The van der Waals surface area contributed by atoms with Crippen LogP contribution in [0.5, 0.6) is 0 Å². The fourth-order valence-corrected chi connectivity index (χ4v) is 2.45. The summed E-state index contributed by atoms with van der Waals surface area (Å²) in [7, 11) is 0. The first-order valence-electron chi connectivity index (χ1n) is 6.48. The molecule has 0 bridgehead atoms. The summed E-state index contributed by atoms with van der Waals surface area (Å²) in [5.41, 5.74) is 0.810. The van der Waals surface area contributed by atoms with E-state index in [2.05, 4.69) is 17.1 Å². The summed E-state index contributed by atoms with van der Waals surface area (Å²) in [5.74, 6) is -0.0851. The van der Waals surface area contributed by atoms with E-state index in [1.54, 1.807) is 12.1 Å². The van der Waals surface area contributed by atoms with Gasteiger partial charge in [0.15, 0.2) is 0 Å². The molecule has 17 heavy (non-hydrogen) atoms. The summed E-state index contributed by atoms with van der Waals surface area (Å²) in [6.07, 6.45) is 2.40. The Balaban J connectivity index is 1.92. The molecule has 1 heterocycles. The Morgan fingerprint density at radius 2 is 2.24 bits per heavy atom. The van der Waals surface area contributed by atoms with E-state index < -0.39 is 0 Å². The van der Waals surface area contributed by atoms with Gasteiger partial charge in [-0.25, -0.2) is 4.39 Å². The van der Waals surface area contributed by atoms with E-state index in [-0.39, 0.29) is 5.82 Å². The molecule has 3 heteroatoms. The van der Waals surface area contributed by atoms with E-state index in [0.29, 0.717) is 6.04 Å². The molecule has 0 spiro atoms. The lowest BCUT2D eigenvalue weighted by molar-refractivity contribution is 0.185. The number of hydrogen-bond acceptors (Lipinski definition) is 2. The maximum atomic E-state index is 13.5. The molecule has 0 saturated carbocycles. The highest BCUT2D eigenvalue weighted by Crippen LogP contribution is 2.12. The summed E-state index contributed by atoms with van der Waals surface area (Å²) in [6, 6.07) is 7.65. The van der Waals surface area contributed by atoms with E-state index in [9.17, 15) is 4.39 Å². The molecule has 1 atom stereocenters. The van der Waals surface area contributed by atoms with Crippen LogP contribution in [0.2, 0.25) is 0 Å². The highest BCUT2D eigenvalue weighted by molar-refractivity contribution is 5.17. The summed E-state index contributed by atoms with van der Waals surface area (Å²) in [5, 5.41) is 3.51. The smallest absolute Gasteiger partial charge is 0.127 e. The molecule has 0 amide bonds. The van der Waals surface area contributed by atoms with Gasteiger partial charge in [-0.15, -0.1) is 0 Å². The third-order valence-electron chi connectivity index (χ3n) is 3.33. The van der Waals surface area contributed by atoms with Crippen LogP contribution in [0.25, 0.3) is 0 Å². The highest BCUT2D eigenvalue weighted by atomic mass is 19.1. The predicted molar refractivity (Wildman–Crippen MR) is 68.4 cm³/mol. The maximum Gasteiger partial charge on any atom is 0.127 e. The Kier molecular flexibility index (Phi) is 4.51. The van der Waals surface area contributed by atoms with Gasteiger partial charge < -0.3 is 5.32 Å². The molecule has 1 aliphatic rings. The Hall–Kier alpha value is -0.930. The number of rotatable bonds is 4. The summed E-state index contributed by atoms with van der Waals surface area (Å²) >= 11 is 0. The second-order valence-corrected chi connectivity index (χ2v) is 4.77. The largest absolute Gasteiger partial charge is 0.311 e. The fourth-order valence-electron chi connectivity index (χ4n) is 2.45. The number of nitrogens with zero attached hydrogens (tertiary/aromatic N) is 1. The average Bonchev–Trinajstić information content (AvgIpc) is 2.33. The van der Waals surface area contributed by atoms with E-state index in [4.69, 9.17) is 0 Å². The highest BCUT2D eigenvalue weighted by Gasteiger charge is 2.19. The first-order chi connectivity index (χ1) is 8.29. The van der Waals surface area contributed by atoms with Crippen molar-refractivity contribution in [2.24, 2.45) is 0 Å². The minimum absolute atomic E-state index is 0.0851. The van der Waals surface area contributed by atoms with Crippen LogP contribution in [0.4, 0.5) is 4.39 Å². The normalized spacial score (nSPS) is 21.6. The topological polar surface area (TPSA) is 15.3 Å². The van der Waals surface area contributed by atoms with Crippen molar-refractivity contribution >= 4 is 0 Å². The van der Waals surface area contributed by atoms with Crippen molar-refractivity contribution in [2.45, 2.75) is 32.4 Å². The maximum absolute atomic E-state index is 13.5. The quantitative estimate of drug-likeness (QED) is 0.863. The first kappa shape index (κ1) is 12.5. The minimum atomic E-state index is -0.0851. The number of nitrogens with one attached hydrogen (secondary N) is 1. The monoisotopic (exact) mass is 236 g/mol. The van der Waals surface area contributed by atoms with Gasteiger partial charge in [-0.05, 0) is 12.5 Å². The van der Waals surface area contributed by atoms with Crippen LogP contribution in [0.3, 0.4) is 0 Å². The molecule has 1 fully saturated rings. The van der Waals surface area contributed by atoms with Gasteiger partial charge in [0.1, 0.15) is 5.82 Å². The van der Waals surface area contributed by atoms with E-state index in [0.717, 1.165) is 31.7 Å².